The number of rotatable bonds is 5. The Bertz CT molecular complexity index is 467. The molecule has 1 aromatic carbocycles. The Labute approximate surface area is 113 Å². The maximum Gasteiger partial charge on any atom is 0.162 e. The molecule has 98 valence electrons. The molecule has 0 unspecified atom stereocenters. The molecule has 0 fully saturated rings. The molecule has 0 saturated heterocycles. The van der Waals surface area contributed by atoms with E-state index in [2.05, 4.69) is 0 Å². The highest BCUT2D eigenvalue weighted by Gasteiger charge is 2.13. The lowest BCUT2D eigenvalue weighted by molar-refractivity contribution is -0.111. The summed E-state index contributed by atoms with van der Waals surface area (Å²) in [6.45, 7) is 1.57. The summed E-state index contributed by atoms with van der Waals surface area (Å²) in [5.41, 5.74) is 1.49. The van der Waals surface area contributed by atoms with Gasteiger partial charge in [0.05, 0.1) is 7.11 Å². The summed E-state index contributed by atoms with van der Waals surface area (Å²) in [5, 5.41) is 0. The Morgan fingerprint density at radius 2 is 2.06 bits per heavy atom. The van der Waals surface area contributed by atoms with E-state index in [9.17, 15) is 4.79 Å². The molecule has 0 atom stereocenters. The second kappa shape index (κ2) is 6.50. The lowest BCUT2D eigenvalue weighted by Crippen LogP contribution is -2.07. The van der Waals surface area contributed by atoms with Gasteiger partial charge in [0.2, 0.25) is 0 Å². The number of hydrogen-bond acceptors (Lipinski definition) is 4. The third-order valence-corrected chi connectivity index (χ3v) is 3.19. The first-order valence-electron chi connectivity index (χ1n) is 5.61. The fourth-order valence-electron chi connectivity index (χ4n) is 1.63. The van der Waals surface area contributed by atoms with Crippen molar-refractivity contribution in [3.63, 3.8) is 0 Å². The van der Waals surface area contributed by atoms with Gasteiger partial charge in [0.25, 0.3) is 0 Å². The van der Waals surface area contributed by atoms with Crippen molar-refractivity contribution in [2.24, 2.45) is 0 Å². The van der Waals surface area contributed by atoms with Gasteiger partial charge >= 0.3 is 0 Å². The predicted molar refractivity (Wildman–Crippen MR) is 77.1 cm³/mol. The maximum atomic E-state index is 11.7. The third kappa shape index (κ3) is 3.53. The van der Waals surface area contributed by atoms with Gasteiger partial charge in [0.15, 0.2) is 5.78 Å². The van der Waals surface area contributed by atoms with E-state index in [1.54, 1.807) is 25.8 Å². The fraction of sp³-hybridized carbons (Fsp3) is 0.357. The van der Waals surface area contributed by atoms with E-state index in [1.807, 2.05) is 49.7 Å². The summed E-state index contributed by atoms with van der Waals surface area (Å²) in [6.07, 6.45) is 3.83. The Kier molecular flexibility index (Phi) is 5.28. The van der Waals surface area contributed by atoms with Crippen molar-refractivity contribution in [1.29, 1.82) is 0 Å². The standard InChI is InChI=1S/C14H19NO2S/c1-10(16)13(9-15(2)3)12-7-6-11(18-5)8-14(12)17-4/h6-9H,1-5H3/b13-9+. The van der Waals surface area contributed by atoms with Gasteiger partial charge in [-0.15, -0.1) is 11.8 Å². The number of ether oxygens (including phenoxy) is 1. The van der Waals surface area contributed by atoms with E-state index in [4.69, 9.17) is 4.74 Å². The molecule has 18 heavy (non-hydrogen) atoms. The van der Waals surface area contributed by atoms with E-state index in [1.165, 1.54) is 0 Å². The summed E-state index contributed by atoms with van der Waals surface area (Å²) in [6, 6.07) is 5.88. The van der Waals surface area contributed by atoms with Gasteiger partial charge in [0.1, 0.15) is 5.75 Å². The van der Waals surface area contributed by atoms with Gasteiger partial charge in [-0.3, -0.25) is 4.79 Å². The minimum absolute atomic E-state index is 0.0268. The van der Waals surface area contributed by atoms with Crippen molar-refractivity contribution in [2.75, 3.05) is 27.5 Å². The molecule has 4 heteroatoms. The van der Waals surface area contributed by atoms with Gasteiger partial charge in [-0.2, -0.15) is 0 Å². The Morgan fingerprint density at radius 3 is 2.50 bits per heavy atom. The van der Waals surface area contributed by atoms with Crippen molar-refractivity contribution < 1.29 is 9.53 Å². The van der Waals surface area contributed by atoms with Gasteiger partial charge in [-0.1, -0.05) is 0 Å². The Morgan fingerprint density at radius 1 is 1.39 bits per heavy atom. The molecule has 0 aromatic heterocycles. The molecule has 0 heterocycles. The number of methoxy groups -OCH3 is 1. The molecule has 1 rings (SSSR count). The van der Waals surface area contributed by atoms with Gasteiger partial charge < -0.3 is 9.64 Å². The molecule has 0 amide bonds. The highest BCUT2D eigenvalue weighted by Crippen LogP contribution is 2.30. The molecular weight excluding hydrogens is 246 g/mol. The lowest BCUT2D eigenvalue weighted by atomic mass is 10.0. The van der Waals surface area contributed by atoms with Crippen molar-refractivity contribution in [1.82, 2.24) is 4.90 Å². The number of allylic oxidation sites excluding steroid dienone is 1. The predicted octanol–water partition coefficient (Wildman–Crippen LogP) is 2.91. The zero-order chi connectivity index (χ0) is 13.7. The van der Waals surface area contributed by atoms with Crippen LogP contribution in [0.15, 0.2) is 29.3 Å². The summed E-state index contributed by atoms with van der Waals surface area (Å²) in [5.74, 6) is 0.754. The molecule has 0 radical (unpaired) electrons. The molecule has 0 aliphatic rings. The normalized spacial score (nSPS) is 11.3. The largest absolute Gasteiger partial charge is 0.496 e. The minimum Gasteiger partial charge on any atom is -0.496 e. The summed E-state index contributed by atoms with van der Waals surface area (Å²) < 4.78 is 5.38. The Balaban J connectivity index is 3.32. The number of thioether (sulfide) groups is 1. The molecule has 0 aliphatic heterocycles. The molecular formula is C14H19NO2S. The van der Waals surface area contributed by atoms with Gasteiger partial charge in [-0.25, -0.2) is 0 Å². The highest BCUT2D eigenvalue weighted by atomic mass is 32.2. The monoisotopic (exact) mass is 265 g/mol. The van der Waals surface area contributed by atoms with Gasteiger partial charge in [-0.05, 0) is 31.4 Å². The Hall–Kier alpha value is -1.42. The number of carbonyl (C=O) groups excluding carboxylic acids is 1. The van der Waals surface area contributed by atoms with Crippen LogP contribution < -0.4 is 4.74 Å². The molecule has 3 nitrogen and oxygen atoms in total. The maximum absolute atomic E-state index is 11.7. The number of Topliss-reactive ketones (excluding diaryl/α,β-unsaturated/α-hetero) is 1. The van der Waals surface area contributed by atoms with Crippen molar-refractivity contribution >= 4 is 23.1 Å². The quantitative estimate of drug-likeness (QED) is 0.605. The first-order chi connectivity index (χ1) is 8.49. The zero-order valence-electron chi connectivity index (χ0n) is 11.5. The third-order valence-electron chi connectivity index (χ3n) is 2.47. The van der Waals surface area contributed by atoms with Crippen LogP contribution in [0.4, 0.5) is 0 Å². The van der Waals surface area contributed by atoms with E-state index >= 15 is 0 Å². The lowest BCUT2D eigenvalue weighted by Gasteiger charge is -2.14. The number of nitrogens with zero attached hydrogens (tertiary/aromatic N) is 1. The first kappa shape index (κ1) is 14.6. The van der Waals surface area contributed by atoms with E-state index in [-0.39, 0.29) is 5.78 Å². The number of benzene rings is 1. The highest BCUT2D eigenvalue weighted by molar-refractivity contribution is 7.98. The van der Waals surface area contributed by atoms with Crippen LogP contribution in [0.25, 0.3) is 5.57 Å². The second-order valence-electron chi connectivity index (χ2n) is 4.13. The molecule has 0 spiro atoms. The smallest absolute Gasteiger partial charge is 0.162 e. The van der Waals surface area contributed by atoms with Crippen LogP contribution >= 0.6 is 11.8 Å². The molecule has 0 saturated carbocycles. The van der Waals surface area contributed by atoms with Crippen LogP contribution in [0.2, 0.25) is 0 Å². The van der Waals surface area contributed by atoms with E-state index in [0.29, 0.717) is 5.57 Å². The number of ketones is 1. The van der Waals surface area contributed by atoms with E-state index in [0.717, 1.165) is 16.2 Å². The second-order valence-corrected chi connectivity index (χ2v) is 5.01. The van der Waals surface area contributed by atoms with Crippen LogP contribution in [-0.2, 0) is 4.79 Å². The average Bonchev–Trinajstić information content (AvgIpc) is 2.34. The molecule has 0 aliphatic carbocycles. The van der Waals surface area contributed by atoms with Crippen LogP contribution in [-0.4, -0.2) is 38.1 Å². The van der Waals surface area contributed by atoms with Crippen LogP contribution in [0, 0.1) is 0 Å². The fourth-order valence-corrected chi connectivity index (χ4v) is 2.06. The number of carbonyl (C=O) groups is 1. The van der Waals surface area contributed by atoms with Crippen molar-refractivity contribution in [3.8, 4) is 5.75 Å². The van der Waals surface area contributed by atoms with Crippen LogP contribution in [0.1, 0.15) is 12.5 Å². The van der Waals surface area contributed by atoms with Crippen molar-refractivity contribution in [2.45, 2.75) is 11.8 Å². The van der Waals surface area contributed by atoms with Crippen LogP contribution in [0.3, 0.4) is 0 Å². The SMILES string of the molecule is COc1cc(SC)ccc1/C(=C/N(C)C)C(C)=O. The molecule has 0 bridgehead atoms. The number of hydrogen-bond donors (Lipinski definition) is 0. The topological polar surface area (TPSA) is 29.5 Å². The van der Waals surface area contributed by atoms with Crippen LogP contribution in [0.5, 0.6) is 5.75 Å². The molecule has 1 aromatic rings. The van der Waals surface area contributed by atoms with Crippen molar-refractivity contribution in [3.05, 3.63) is 30.0 Å². The summed E-state index contributed by atoms with van der Waals surface area (Å²) in [7, 11) is 5.41. The van der Waals surface area contributed by atoms with Gasteiger partial charge in [0, 0.05) is 36.3 Å². The summed E-state index contributed by atoms with van der Waals surface area (Å²) >= 11 is 1.65. The minimum atomic E-state index is 0.0268. The zero-order valence-corrected chi connectivity index (χ0v) is 12.3. The molecule has 0 N–H and O–H groups in total. The average molecular weight is 265 g/mol. The summed E-state index contributed by atoms with van der Waals surface area (Å²) in [4.78, 5) is 14.7. The first-order valence-corrected chi connectivity index (χ1v) is 6.83. The van der Waals surface area contributed by atoms with E-state index < -0.39 is 0 Å².